The number of carbonyl (C=O) groups excluding carboxylic acids is 1. The minimum Gasteiger partial charge on any atom is -0.352 e. The molecule has 3 N–H and O–H groups in total. The molecule has 0 radical (unpaired) electrons. The number of rotatable bonds is 7. The molecule has 1 unspecified atom stereocenters. The Morgan fingerprint density at radius 1 is 1.24 bits per heavy atom. The van der Waals surface area contributed by atoms with Crippen molar-refractivity contribution in [3.05, 3.63) is 47.3 Å². The molecule has 3 rings (SSSR count). The number of amides is 1. The van der Waals surface area contributed by atoms with Gasteiger partial charge in [0.25, 0.3) is 11.8 Å². The highest BCUT2D eigenvalue weighted by molar-refractivity contribution is 6.14. The number of hydrogen-bond donors (Lipinski definition) is 3. The molecule has 1 aliphatic rings. The standard InChI is InChI=1S/C19H16F7N7O/c20-12-5-11(14(6-13(12)21)32-31-3-2-27)16(34)33-4-1-18(22,23)15(33)9-30-17-28-7-10(8-29-17)19(24,25)26/h2-3,5-8,15,27,32H,1,4,9H2,(H,28,29,30)/b27-2?,31-3-. The van der Waals surface area contributed by atoms with E-state index in [-0.39, 0.29) is 11.6 Å². The first-order valence-electron chi connectivity index (χ1n) is 9.53. The van der Waals surface area contributed by atoms with Gasteiger partial charge >= 0.3 is 6.18 Å². The topological polar surface area (TPSA) is 106 Å². The minimum atomic E-state index is -4.68. The fourth-order valence-corrected chi connectivity index (χ4v) is 3.19. The molecule has 8 nitrogen and oxygen atoms in total. The summed E-state index contributed by atoms with van der Waals surface area (Å²) in [5, 5.41) is 12.8. The first-order valence-corrected chi connectivity index (χ1v) is 9.53. The Hall–Kier alpha value is -3.78. The molecule has 0 saturated carbocycles. The lowest BCUT2D eigenvalue weighted by atomic mass is 10.1. The van der Waals surface area contributed by atoms with Crippen molar-refractivity contribution in [2.75, 3.05) is 23.8 Å². The van der Waals surface area contributed by atoms with E-state index in [9.17, 15) is 35.5 Å². The summed E-state index contributed by atoms with van der Waals surface area (Å²) in [5.74, 6) is -7.57. The average molecular weight is 491 g/mol. The second-order valence-corrected chi connectivity index (χ2v) is 7.07. The third-order valence-corrected chi connectivity index (χ3v) is 4.87. The largest absolute Gasteiger partial charge is 0.419 e. The molecule has 1 fully saturated rings. The van der Waals surface area contributed by atoms with Gasteiger partial charge in [-0.15, -0.1) is 0 Å². The van der Waals surface area contributed by atoms with Crippen molar-refractivity contribution >= 4 is 30.0 Å². The Kier molecular flexibility index (Phi) is 7.02. The second kappa shape index (κ2) is 9.61. The second-order valence-electron chi connectivity index (χ2n) is 7.07. The molecule has 0 aliphatic carbocycles. The van der Waals surface area contributed by atoms with Crippen molar-refractivity contribution in [3.8, 4) is 0 Å². The van der Waals surface area contributed by atoms with E-state index in [1.807, 2.05) is 0 Å². The molecule has 1 atom stereocenters. The van der Waals surface area contributed by atoms with E-state index >= 15 is 0 Å². The smallest absolute Gasteiger partial charge is 0.352 e. The predicted molar refractivity (Wildman–Crippen MR) is 107 cm³/mol. The quantitative estimate of drug-likeness (QED) is 0.311. The number of carbonyl (C=O) groups is 1. The maximum Gasteiger partial charge on any atom is 0.419 e. The van der Waals surface area contributed by atoms with Gasteiger partial charge in [-0.3, -0.25) is 10.2 Å². The number of anilines is 2. The Bertz CT molecular complexity index is 1090. The van der Waals surface area contributed by atoms with Crippen LogP contribution in [0.2, 0.25) is 0 Å². The van der Waals surface area contributed by atoms with Crippen molar-refractivity contribution in [2.45, 2.75) is 24.6 Å². The molecular weight excluding hydrogens is 475 g/mol. The number of likely N-dealkylation sites (tertiary alicyclic amines) is 1. The van der Waals surface area contributed by atoms with Gasteiger partial charge in [0.15, 0.2) is 11.6 Å². The predicted octanol–water partition coefficient (Wildman–Crippen LogP) is 3.78. The molecule has 1 aromatic carbocycles. The average Bonchev–Trinajstić information content (AvgIpc) is 3.08. The van der Waals surface area contributed by atoms with Crippen LogP contribution in [-0.4, -0.2) is 58.3 Å². The van der Waals surface area contributed by atoms with Crippen molar-refractivity contribution in [3.63, 3.8) is 0 Å². The third-order valence-electron chi connectivity index (χ3n) is 4.87. The molecule has 34 heavy (non-hydrogen) atoms. The van der Waals surface area contributed by atoms with Gasteiger partial charge in [-0.05, 0) is 6.07 Å². The lowest BCUT2D eigenvalue weighted by molar-refractivity contribution is -0.138. The highest BCUT2D eigenvalue weighted by Crippen LogP contribution is 2.36. The molecule has 0 spiro atoms. The molecule has 1 saturated heterocycles. The summed E-state index contributed by atoms with van der Waals surface area (Å²) in [6.45, 7) is -1.07. The first kappa shape index (κ1) is 24.9. The molecule has 1 amide bonds. The Labute approximate surface area is 187 Å². The molecule has 182 valence electrons. The van der Waals surface area contributed by atoms with Gasteiger partial charge in [0.2, 0.25) is 5.95 Å². The van der Waals surface area contributed by atoms with Gasteiger partial charge in [0.05, 0.1) is 23.0 Å². The number of halogens is 7. The monoisotopic (exact) mass is 491 g/mol. The van der Waals surface area contributed by atoms with E-state index in [1.54, 1.807) is 0 Å². The van der Waals surface area contributed by atoms with Gasteiger partial charge in [0.1, 0.15) is 6.04 Å². The van der Waals surface area contributed by atoms with E-state index < -0.39 is 66.3 Å². The van der Waals surface area contributed by atoms with Crippen molar-refractivity contribution in [1.82, 2.24) is 14.9 Å². The van der Waals surface area contributed by atoms with E-state index in [0.717, 1.165) is 17.3 Å². The number of benzene rings is 1. The Balaban J connectivity index is 1.83. The van der Waals surface area contributed by atoms with Gasteiger partial charge in [-0.2, -0.15) is 18.3 Å². The van der Waals surface area contributed by atoms with E-state index in [4.69, 9.17) is 5.41 Å². The van der Waals surface area contributed by atoms with Crippen LogP contribution in [0.3, 0.4) is 0 Å². The van der Waals surface area contributed by atoms with Gasteiger partial charge in [0, 0.05) is 44.2 Å². The summed E-state index contributed by atoms with van der Waals surface area (Å²) in [6, 6.07) is -0.654. The maximum atomic E-state index is 14.5. The van der Waals surface area contributed by atoms with E-state index in [1.165, 1.54) is 0 Å². The van der Waals surface area contributed by atoms with Crippen LogP contribution in [0.25, 0.3) is 0 Å². The van der Waals surface area contributed by atoms with Crippen molar-refractivity contribution in [1.29, 1.82) is 5.41 Å². The number of nitrogens with one attached hydrogen (secondary N) is 3. The lowest BCUT2D eigenvalue weighted by Gasteiger charge is -2.28. The number of aromatic nitrogens is 2. The number of hydrazone groups is 1. The number of hydrogen-bond acceptors (Lipinski definition) is 7. The summed E-state index contributed by atoms with van der Waals surface area (Å²) in [7, 11) is 0. The van der Waals surface area contributed by atoms with Crippen LogP contribution in [0.15, 0.2) is 29.6 Å². The third kappa shape index (κ3) is 5.40. The zero-order valence-electron chi connectivity index (χ0n) is 17.0. The Morgan fingerprint density at radius 2 is 1.88 bits per heavy atom. The normalized spacial score (nSPS) is 17.7. The van der Waals surface area contributed by atoms with Crippen LogP contribution < -0.4 is 10.7 Å². The van der Waals surface area contributed by atoms with Gasteiger partial charge in [-0.25, -0.2) is 27.5 Å². The van der Waals surface area contributed by atoms with Crippen LogP contribution in [0.1, 0.15) is 22.3 Å². The molecule has 2 aromatic rings. The molecule has 1 aromatic heterocycles. The SMILES string of the molecule is N=C/C=N\Nc1cc(F)c(F)cc1C(=O)N1CCC(F)(F)C1CNc1ncc(C(F)(F)F)cn1. The summed E-state index contributed by atoms with van der Waals surface area (Å²) in [5.41, 5.74) is 0.297. The maximum absolute atomic E-state index is 14.5. The first-order chi connectivity index (χ1) is 15.9. The Morgan fingerprint density at radius 3 is 2.50 bits per heavy atom. The van der Waals surface area contributed by atoms with Crippen molar-refractivity contribution < 1.29 is 35.5 Å². The number of nitrogens with zero attached hydrogens (tertiary/aromatic N) is 4. The highest BCUT2D eigenvalue weighted by atomic mass is 19.4. The zero-order chi connectivity index (χ0) is 25.1. The molecule has 2 heterocycles. The molecule has 1 aliphatic heterocycles. The van der Waals surface area contributed by atoms with Crippen molar-refractivity contribution in [2.24, 2.45) is 5.10 Å². The summed E-state index contributed by atoms with van der Waals surface area (Å²) in [6.07, 6.45) is -2.77. The van der Waals surface area contributed by atoms with Crippen LogP contribution in [0.5, 0.6) is 0 Å². The fraction of sp³-hybridized carbons (Fsp3) is 0.316. The van der Waals surface area contributed by atoms with Gasteiger partial charge < -0.3 is 15.6 Å². The molecule has 15 heteroatoms. The zero-order valence-corrected chi connectivity index (χ0v) is 17.0. The lowest BCUT2D eigenvalue weighted by Crippen LogP contribution is -2.47. The molecule has 0 bridgehead atoms. The molecular formula is C19H16F7N7O. The van der Waals surface area contributed by atoms with Crippen LogP contribution in [-0.2, 0) is 6.18 Å². The summed E-state index contributed by atoms with van der Waals surface area (Å²) >= 11 is 0. The van der Waals surface area contributed by atoms with Crippen LogP contribution >= 0.6 is 0 Å². The fourth-order valence-electron chi connectivity index (χ4n) is 3.19. The summed E-state index contributed by atoms with van der Waals surface area (Å²) in [4.78, 5) is 20.6. The van der Waals surface area contributed by atoms with E-state index in [0.29, 0.717) is 24.5 Å². The van der Waals surface area contributed by atoms with Crippen LogP contribution in [0.4, 0.5) is 42.4 Å². The summed E-state index contributed by atoms with van der Waals surface area (Å²) < 4.78 is 94.4. The minimum absolute atomic E-state index is 0.324. The highest BCUT2D eigenvalue weighted by Gasteiger charge is 2.51. The number of alkyl halides is 5. The van der Waals surface area contributed by atoms with Gasteiger partial charge in [-0.1, -0.05) is 0 Å². The van der Waals surface area contributed by atoms with Crippen LogP contribution in [0, 0.1) is 17.0 Å². The van der Waals surface area contributed by atoms with E-state index in [2.05, 4.69) is 25.8 Å².